The number of nitrogens with zero attached hydrogens (tertiary/aromatic N) is 3. The number of methoxy groups -OCH3 is 1. The van der Waals surface area contributed by atoms with Crippen molar-refractivity contribution >= 4 is 21.8 Å². The third-order valence-corrected chi connectivity index (χ3v) is 4.17. The molecule has 0 unspecified atom stereocenters. The van der Waals surface area contributed by atoms with Crippen LogP contribution in [0.2, 0.25) is 0 Å². The second-order valence-electron chi connectivity index (χ2n) is 6.42. The van der Waals surface area contributed by atoms with Crippen molar-refractivity contribution in [3.8, 4) is 17.3 Å². The zero-order chi connectivity index (χ0) is 18.3. The monoisotopic (exact) mass is 352 g/mol. The van der Waals surface area contributed by atoms with E-state index in [9.17, 15) is 0 Å². The van der Waals surface area contributed by atoms with Crippen LogP contribution in [0.5, 0.6) is 5.75 Å². The Morgan fingerprint density at radius 2 is 2.00 bits per heavy atom. The number of H-pyrrole nitrogens is 1. The molecule has 0 saturated carbocycles. The van der Waals surface area contributed by atoms with Gasteiger partial charge in [0.05, 0.1) is 23.3 Å². The smallest absolute Gasteiger partial charge is 0.266 e. The highest BCUT2D eigenvalue weighted by Gasteiger charge is 2.19. The number of aromatic nitrogens is 4. The van der Waals surface area contributed by atoms with Crippen molar-refractivity contribution in [2.24, 2.45) is 0 Å². The fraction of sp³-hybridized carbons (Fsp3) is 0.316. The highest BCUT2D eigenvalue weighted by Crippen LogP contribution is 2.37. The molecule has 0 bridgehead atoms. The molecule has 3 aromatic heterocycles. The molecule has 0 spiro atoms. The van der Waals surface area contributed by atoms with Gasteiger partial charge in [-0.2, -0.15) is 0 Å². The number of ether oxygens (including phenoxy) is 2. The highest BCUT2D eigenvalue weighted by atomic mass is 16.5. The minimum Gasteiger partial charge on any atom is -0.490 e. The molecular formula is C19H20N4O3. The molecule has 26 heavy (non-hydrogen) atoms. The van der Waals surface area contributed by atoms with Crippen molar-refractivity contribution in [2.75, 3.05) is 7.11 Å². The van der Waals surface area contributed by atoms with E-state index >= 15 is 0 Å². The Balaban J connectivity index is 1.94. The van der Waals surface area contributed by atoms with Crippen LogP contribution in [0.1, 0.15) is 25.3 Å². The summed E-state index contributed by atoms with van der Waals surface area (Å²) in [6, 6.07) is 6.00. The number of hydrogen-bond donors (Lipinski definition) is 1. The van der Waals surface area contributed by atoms with E-state index in [4.69, 9.17) is 13.9 Å². The number of benzene rings is 1. The maximum absolute atomic E-state index is 6.02. The van der Waals surface area contributed by atoms with Gasteiger partial charge in [0.1, 0.15) is 18.1 Å². The van der Waals surface area contributed by atoms with Gasteiger partial charge in [-0.25, -0.2) is 4.98 Å². The van der Waals surface area contributed by atoms with Gasteiger partial charge in [0.15, 0.2) is 0 Å². The molecule has 0 amide bonds. The van der Waals surface area contributed by atoms with Crippen LogP contribution in [0.15, 0.2) is 28.8 Å². The van der Waals surface area contributed by atoms with Gasteiger partial charge in [0.25, 0.3) is 5.89 Å². The Bertz CT molecular complexity index is 1080. The molecule has 7 heteroatoms. The Hall–Kier alpha value is -2.93. The molecule has 1 aromatic carbocycles. The first-order valence-electron chi connectivity index (χ1n) is 8.46. The maximum atomic E-state index is 6.02. The van der Waals surface area contributed by atoms with Crippen LogP contribution in [-0.2, 0) is 11.3 Å². The zero-order valence-corrected chi connectivity index (χ0v) is 15.2. The number of fused-ring (bicyclic) bond motifs is 3. The standard InChI is InChI=1S/C19H20N4O3/c1-10(2)25-14-7-5-6-12-17(14)16-11(3)18(20-8-13(16)21-12)19-23-22-15(26-19)9-24-4/h5-8,10,21H,9H2,1-4H3. The maximum Gasteiger partial charge on any atom is 0.266 e. The fourth-order valence-corrected chi connectivity index (χ4v) is 3.16. The predicted octanol–water partition coefficient (Wildman–Crippen LogP) is 4.01. The second-order valence-corrected chi connectivity index (χ2v) is 6.42. The van der Waals surface area contributed by atoms with Crippen molar-refractivity contribution in [2.45, 2.75) is 33.5 Å². The van der Waals surface area contributed by atoms with Gasteiger partial charge in [0.2, 0.25) is 5.89 Å². The normalized spacial score (nSPS) is 11.7. The average molecular weight is 352 g/mol. The van der Waals surface area contributed by atoms with Crippen molar-refractivity contribution in [3.05, 3.63) is 35.9 Å². The molecule has 0 fully saturated rings. The van der Waals surface area contributed by atoms with Gasteiger partial charge < -0.3 is 18.9 Å². The van der Waals surface area contributed by atoms with E-state index in [1.165, 1.54) is 0 Å². The first kappa shape index (κ1) is 16.5. The molecule has 0 aliphatic heterocycles. The minimum absolute atomic E-state index is 0.0831. The molecule has 0 atom stereocenters. The summed E-state index contributed by atoms with van der Waals surface area (Å²) >= 11 is 0. The molecule has 0 saturated heterocycles. The number of pyridine rings is 1. The van der Waals surface area contributed by atoms with Crippen molar-refractivity contribution in [1.82, 2.24) is 20.2 Å². The quantitative estimate of drug-likeness (QED) is 0.584. The van der Waals surface area contributed by atoms with Gasteiger partial charge in [-0.15, -0.1) is 10.2 Å². The molecule has 7 nitrogen and oxygen atoms in total. The molecular weight excluding hydrogens is 332 g/mol. The summed E-state index contributed by atoms with van der Waals surface area (Å²) < 4.78 is 16.7. The Kier molecular flexibility index (Phi) is 4.08. The second kappa shape index (κ2) is 6.42. The van der Waals surface area contributed by atoms with E-state index in [1.807, 2.05) is 39.0 Å². The summed E-state index contributed by atoms with van der Waals surface area (Å²) in [6.07, 6.45) is 1.87. The van der Waals surface area contributed by atoms with Crippen LogP contribution in [0.25, 0.3) is 33.4 Å². The molecule has 0 radical (unpaired) electrons. The minimum atomic E-state index is 0.0831. The molecule has 4 rings (SSSR count). The lowest BCUT2D eigenvalue weighted by molar-refractivity contribution is 0.160. The summed E-state index contributed by atoms with van der Waals surface area (Å²) in [4.78, 5) is 7.93. The van der Waals surface area contributed by atoms with E-state index < -0.39 is 0 Å². The molecule has 134 valence electrons. The Morgan fingerprint density at radius 3 is 2.77 bits per heavy atom. The summed E-state index contributed by atoms with van der Waals surface area (Å²) in [7, 11) is 1.58. The Labute approximate surface area is 150 Å². The summed E-state index contributed by atoms with van der Waals surface area (Å²) in [5.41, 5.74) is 3.57. The highest BCUT2D eigenvalue weighted by molar-refractivity contribution is 6.12. The van der Waals surface area contributed by atoms with E-state index in [0.717, 1.165) is 33.1 Å². The molecule has 1 N–H and O–H groups in total. The SMILES string of the molecule is COCc1nnc(-c2ncc3[nH]c4cccc(OC(C)C)c4c3c2C)o1. The molecule has 0 aliphatic rings. The number of rotatable bonds is 5. The predicted molar refractivity (Wildman–Crippen MR) is 98.1 cm³/mol. The summed E-state index contributed by atoms with van der Waals surface area (Å²) in [5.74, 6) is 1.65. The number of hydrogen-bond acceptors (Lipinski definition) is 6. The molecule has 3 heterocycles. The van der Waals surface area contributed by atoms with Crippen LogP contribution < -0.4 is 4.74 Å². The van der Waals surface area contributed by atoms with Gasteiger partial charge in [-0.05, 0) is 38.5 Å². The van der Waals surface area contributed by atoms with Crippen LogP contribution >= 0.6 is 0 Å². The van der Waals surface area contributed by atoms with E-state index in [1.54, 1.807) is 13.3 Å². The van der Waals surface area contributed by atoms with Crippen LogP contribution in [-0.4, -0.2) is 33.4 Å². The lowest BCUT2D eigenvalue weighted by atomic mass is 10.1. The van der Waals surface area contributed by atoms with Crippen molar-refractivity contribution < 1.29 is 13.9 Å². The van der Waals surface area contributed by atoms with Gasteiger partial charge in [-0.3, -0.25) is 0 Å². The number of aryl methyl sites for hydroxylation is 1. The van der Waals surface area contributed by atoms with Gasteiger partial charge >= 0.3 is 0 Å². The number of aromatic amines is 1. The number of nitrogens with one attached hydrogen (secondary N) is 1. The fourth-order valence-electron chi connectivity index (χ4n) is 3.16. The zero-order valence-electron chi connectivity index (χ0n) is 15.2. The lowest BCUT2D eigenvalue weighted by Gasteiger charge is -2.11. The Morgan fingerprint density at radius 1 is 1.15 bits per heavy atom. The van der Waals surface area contributed by atoms with Gasteiger partial charge in [0, 0.05) is 17.9 Å². The van der Waals surface area contributed by atoms with Gasteiger partial charge in [-0.1, -0.05) is 6.07 Å². The summed E-state index contributed by atoms with van der Waals surface area (Å²) in [6.45, 7) is 6.31. The molecule has 0 aliphatic carbocycles. The van der Waals surface area contributed by atoms with Crippen molar-refractivity contribution in [3.63, 3.8) is 0 Å². The average Bonchev–Trinajstić information content (AvgIpc) is 3.20. The lowest BCUT2D eigenvalue weighted by Crippen LogP contribution is -2.05. The third kappa shape index (κ3) is 2.70. The third-order valence-electron chi connectivity index (χ3n) is 4.17. The molecule has 4 aromatic rings. The van der Waals surface area contributed by atoms with E-state index in [-0.39, 0.29) is 12.7 Å². The summed E-state index contributed by atoms with van der Waals surface area (Å²) in [5, 5.41) is 10.2. The van der Waals surface area contributed by atoms with Crippen molar-refractivity contribution in [1.29, 1.82) is 0 Å². The van der Waals surface area contributed by atoms with Crippen LogP contribution in [0, 0.1) is 6.92 Å². The topological polar surface area (TPSA) is 86.1 Å². The first-order valence-corrected chi connectivity index (χ1v) is 8.46. The van der Waals surface area contributed by atoms with Crippen LogP contribution in [0.3, 0.4) is 0 Å². The van der Waals surface area contributed by atoms with E-state index in [0.29, 0.717) is 17.5 Å². The van der Waals surface area contributed by atoms with Crippen LogP contribution in [0.4, 0.5) is 0 Å². The largest absolute Gasteiger partial charge is 0.490 e. The van der Waals surface area contributed by atoms with E-state index in [2.05, 4.69) is 20.2 Å². The first-order chi connectivity index (χ1) is 12.6.